The fourth-order valence-electron chi connectivity index (χ4n) is 2.47. The highest BCUT2D eigenvalue weighted by molar-refractivity contribution is 5.79. The van der Waals surface area contributed by atoms with Crippen LogP contribution in [0, 0.1) is 0 Å². The highest BCUT2D eigenvalue weighted by Crippen LogP contribution is 2.25. The topological polar surface area (TPSA) is 46.1 Å². The molecule has 24 heavy (non-hydrogen) atoms. The summed E-state index contributed by atoms with van der Waals surface area (Å²) in [4.78, 5) is 6.42. The Morgan fingerprint density at radius 1 is 1.08 bits per heavy atom. The molecule has 0 unspecified atom stereocenters. The highest BCUT2D eigenvalue weighted by Gasteiger charge is 2.11. The Balaban J connectivity index is 2.03. The summed E-state index contributed by atoms with van der Waals surface area (Å²) in [6, 6.07) is 16.1. The molecule has 2 aromatic carbocycles. The largest absolute Gasteiger partial charge is 0.497 e. The third-order valence-electron chi connectivity index (χ3n) is 3.77. The minimum atomic E-state index is 0.682. The second-order valence-corrected chi connectivity index (χ2v) is 5.42. The Labute approximate surface area is 143 Å². The number of hydrogen-bond donors (Lipinski definition) is 1. The number of guanidine groups is 1. The Morgan fingerprint density at radius 3 is 2.46 bits per heavy atom. The van der Waals surface area contributed by atoms with E-state index in [1.807, 2.05) is 43.4 Å². The van der Waals surface area contributed by atoms with Crippen molar-refractivity contribution < 1.29 is 9.47 Å². The number of benzene rings is 2. The smallest absolute Gasteiger partial charge is 0.193 e. The van der Waals surface area contributed by atoms with Crippen LogP contribution in [0.4, 0.5) is 0 Å². The summed E-state index contributed by atoms with van der Waals surface area (Å²) in [6.07, 6.45) is 0. The van der Waals surface area contributed by atoms with E-state index in [0.717, 1.165) is 29.6 Å². The number of hydrogen-bond acceptors (Lipinski definition) is 3. The van der Waals surface area contributed by atoms with Crippen molar-refractivity contribution >= 4 is 5.96 Å². The Bertz CT molecular complexity index is 672. The van der Waals surface area contributed by atoms with E-state index in [-0.39, 0.29) is 0 Å². The van der Waals surface area contributed by atoms with Crippen LogP contribution >= 0.6 is 0 Å². The van der Waals surface area contributed by atoms with Gasteiger partial charge in [0.05, 0.1) is 14.2 Å². The van der Waals surface area contributed by atoms with Crippen molar-refractivity contribution in [3.05, 3.63) is 59.7 Å². The molecule has 2 aromatic rings. The molecule has 1 N–H and O–H groups in total. The van der Waals surface area contributed by atoms with E-state index in [9.17, 15) is 0 Å². The summed E-state index contributed by atoms with van der Waals surface area (Å²) < 4.78 is 10.7. The maximum absolute atomic E-state index is 5.46. The molecule has 5 heteroatoms. The van der Waals surface area contributed by atoms with E-state index in [0.29, 0.717) is 6.54 Å². The van der Waals surface area contributed by atoms with Crippen molar-refractivity contribution in [2.45, 2.75) is 13.1 Å². The number of rotatable bonds is 6. The van der Waals surface area contributed by atoms with Gasteiger partial charge in [-0.2, -0.15) is 0 Å². The molecule has 0 bridgehead atoms. The second kappa shape index (κ2) is 8.82. The van der Waals surface area contributed by atoms with E-state index in [1.54, 1.807) is 21.3 Å². The first-order valence-corrected chi connectivity index (χ1v) is 7.84. The average molecular weight is 327 g/mol. The monoisotopic (exact) mass is 327 g/mol. The summed E-state index contributed by atoms with van der Waals surface area (Å²) in [5.74, 6) is 2.42. The van der Waals surface area contributed by atoms with E-state index >= 15 is 0 Å². The molecule has 5 nitrogen and oxygen atoms in total. The molecular weight excluding hydrogens is 302 g/mol. The molecule has 2 rings (SSSR count). The van der Waals surface area contributed by atoms with Gasteiger partial charge in [0.2, 0.25) is 0 Å². The SMILES string of the molecule is CN=C(NCc1ccccc1)N(C)Cc1ccc(OC)cc1OC. The molecule has 128 valence electrons. The predicted octanol–water partition coefficient (Wildman–Crippen LogP) is 2.91. The van der Waals surface area contributed by atoms with Gasteiger partial charge in [-0.05, 0) is 17.7 Å². The van der Waals surface area contributed by atoms with Gasteiger partial charge < -0.3 is 19.7 Å². The first-order valence-electron chi connectivity index (χ1n) is 7.84. The number of aliphatic imine (C=N–C) groups is 1. The van der Waals surface area contributed by atoms with Gasteiger partial charge in [-0.3, -0.25) is 4.99 Å². The van der Waals surface area contributed by atoms with Crippen molar-refractivity contribution in [1.29, 1.82) is 0 Å². The lowest BCUT2D eigenvalue weighted by Gasteiger charge is -2.23. The molecule has 0 aliphatic carbocycles. The van der Waals surface area contributed by atoms with Gasteiger partial charge >= 0.3 is 0 Å². The van der Waals surface area contributed by atoms with Crippen molar-refractivity contribution in [2.24, 2.45) is 4.99 Å². The van der Waals surface area contributed by atoms with Gasteiger partial charge in [0, 0.05) is 38.8 Å². The number of methoxy groups -OCH3 is 2. The minimum Gasteiger partial charge on any atom is -0.497 e. The lowest BCUT2D eigenvalue weighted by Crippen LogP contribution is -2.38. The van der Waals surface area contributed by atoms with Crippen LogP contribution in [-0.2, 0) is 13.1 Å². The minimum absolute atomic E-state index is 0.682. The number of ether oxygens (including phenoxy) is 2. The van der Waals surface area contributed by atoms with Crippen LogP contribution in [0.5, 0.6) is 11.5 Å². The van der Waals surface area contributed by atoms with Gasteiger partial charge in [-0.25, -0.2) is 0 Å². The maximum Gasteiger partial charge on any atom is 0.193 e. The molecule has 0 fully saturated rings. The molecule has 0 atom stereocenters. The first-order chi connectivity index (χ1) is 11.7. The van der Waals surface area contributed by atoms with E-state index in [4.69, 9.17) is 9.47 Å². The predicted molar refractivity (Wildman–Crippen MR) is 97.7 cm³/mol. The normalized spacial score (nSPS) is 11.1. The van der Waals surface area contributed by atoms with Gasteiger partial charge in [-0.15, -0.1) is 0 Å². The molecule has 0 saturated heterocycles. The lowest BCUT2D eigenvalue weighted by molar-refractivity contribution is 0.382. The van der Waals surface area contributed by atoms with Gasteiger partial charge in [0.25, 0.3) is 0 Å². The molecule has 0 saturated carbocycles. The molecule has 0 radical (unpaired) electrons. The molecule has 0 aromatic heterocycles. The molecule has 0 spiro atoms. The van der Waals surface area contributed by atoms with E-state index in [1.165, 1.54) is 5.56 Å². The summed E-state index contributed by atoms with van der Waals surface area (Å²) in [5, 5.41) is 3.38. The zero-order valence-electron chi connectivity index (χ0n) is 14.7. The van der Waals surface area contributed by atoms with Crippen LogP contribution in [0.2, 0.25) is 0 Å². The van der Waals surface area contributed by atoms with E-state index in [2.05, 4.69) is 27.3 Å². The summed E-state index contributed by atoms with van der Waals surface area (Å²) in [7, 11) is 7.11. The Morgan fingerprint density at radius 2 is 1.83 bits per heavy atom. The Hall–Kier alpha value is -2.69. The number of nitrogens with one attached hydrogen (secondary N) is 1. The van der Waals surface area contributed by atoms with Crippen LogP contribution in [0.15, 0.2) is 53.5 Å². The third kappa shape index (κ3) is 4.65. The van der Waals surface area contributed by atoms with Crippen LogP contribution in [0.1, 0.15) is 11.1 Å². The van der Waals surface area contributed by atoms with Crippen molar-refractivity contribution in [1.82, 2.24) is 10.2 Å². The summed E-state index contributed by atoms with van der Waals surface area (Å²) in [5.41, 5.74) is 2.29. The van der Waals surface area contributed by atoms with Crippen LogP contribution in [0.25, 0.3) is 0 Å². The van der Waals surface area contributed by atoms with Gasteiger partial charge in [0.1, 0.15) is 11.5 Å². The standard InChI is InChI=1S/C19H25N3O2/c1-20-19(21-13-15-8-6-5-7-9-15)22(2)14-16-10-11-17(23-3)12-18(16)24-4/h5-12H,13-14H2,1-4H3,(H,20,21). The summed E-state index contributed by atoms with van der Waals surface area (Å²) in [6.45, 7) is 1.42. The third-order valence-corrected chi connectivity index (χ3v) is 3.77. The lowest BCUT2D eigenvalue weighted by atomic mass is 10.2. The van der Waals surface area contributed by atoms with Crippen molar-refractivity contribution in [2.75, 3.05) is 28.3 Å². The molecule has 0 aliphatic heterocycles. The zero-order valence-corrected chi connectivity index (χ0v) is 14.7. The van der Waals surface area contributed by atoms with Crippen molar-refractivity contribution in [3.8, 4) is 11.5 Å². The van der Waals surface area contributed by atoms with Gasteiger partial charge in [-0.1, -0.05) is 30.3 Å². The Kier molecular flexibility index (Phi) is 6.49. The average Bonchev–Trinajstić information content (AvgIpc) is 2.63. The molecule has 0 heterocycles. The quantitative estimate of drug-likeness (QED) is 0.654. The van der Waals surface area contributed by atoms with Crippen molar-refractivity contribution in [3.63, 3.8) is 0 Å². The first kappa shape index (κ1) is 17.7. The molecular formula is C19H25N3O2. The number of nitrogens with zero attached hydrogens (tertiary/aromatic N) is 2. The van der Waals surface area contributed by atoms with Gasteiger partial charge in [0.15, 0.2) is 5.96 Å². The molecule has 0 aliphatic rings. The van der Waals surface area contributed by atoms with Crippen LogP contribution in [-0.4, -0.2) is 39.2 Å². The maximum atomic E-state index is 5.46. The fraction of sp³-hybridized carbons (Fsp3) is 0.316. The molecule has 0 amide bonds. The highest BCUT2D eigenvalue weighted by atomic mass is 16.5. The fourth-order valence-corrected chi connectivity index (χ4v) is 2.47. The van der Waals surface area contributed by atoms with Crippen LogP contribution in [0.3, 0.4) is 0 Å². The summed E-state index contributed by atoms with van der Waals surface area (Å²) >= 11 is 0. The second-order valence-electron chi connectivity index (χ2n) is 5.42. The van der Waals surface area contributed by atoms with Crippen LogP contribution < -0.4 is 14.8 Å². The van der Waals surface area contributed by atoms with E-state index < -0.39 is 0 Å². The zero-order chi connectivity index (χ0) is 17.4.